The number of hydrogen-bond acceptors (Lipinski definition) is 5. The number of phenolic OH excluding ortho intramolecular Hbond substituents is 1. The summed E-state index contributed by atoms with van der Waals surface area (Å²) in [6.07, 6.45) is 1.56. The van der Waals surface area contributed by atoms with Crippen LogP contribution in [0.1, 0.15) is 35.2 Å². The van der Waals surface area contributed by atoms with Gasteiger partial charge in [0.1, 0.15) is 5.75 Å². The van der Waals surface area contributed by atoms with Crippen LogP contribution < -0.4 is 0 Å². The van der Waals surface area contributed by atoms with E-state index in [2.05, 4.69) is 16.8 Å². The average molecular weight is 389 g/mol. The maximum Gasteiger partial charge on any atom is 0.303 e. The Morgan fingerprint density at radius 3 is 2.50 bits per heavy atom. The molecule has 2 aliphatic heterocycles. The van der Waals surface area contributed by atoms with E-state index in [1.54, 1.807) is 19.1 Å². The van der Waals surface area contributed by atoms with Crippen molar-refractivity contribution in [3.8, 4) is 5.75 Å². The number of likely N-dealkylation sites (N-methyl/N-ethyl adjacent to an activating group) is 1. The fraction of sp³-hybridized carbons (Fsp3) is 0.619. The van der Waals surface area contributed by atoms with E-state index in [4.69, 9.17) is 5.11 Å². The molecule has 28 heavy (non-hydrogen) atoms. The van der Waals surface area contributed by atoms with Crippen LogP contribution in [0.2, 0.25) is 0 Å². The molecule has 0 aromatic heterocycles. The van der Waals surface area contributed by atoms with E-state index < -0.39 is 5.97 Å². The van der Waals surface area contributed by atoms with E-state index in [1.807, 2.05) is 4.90 Å². The molecule has 1 amide bonds. The number of piperidine rings is 1. The summed E-state index contributed by atoms with van der Waals surface area (Å²) in [7, 11) is 2.12. The second-order valence-corrected chi connectivity index (χ2v) is 8.14. The van der Waals surface area contributed by atoms with Gasteiger partial charge in [0.2, 0.25) is 0 Å². The third-order valence-electron chi connectivity index (χ3n) is 6.17. The highest BCUT2D eigenvalue weighted by molar-refractivity contribution is 5.94. The Morgan fingerprint density at radius 2 is 1.86 bits per heavy atom. The topological polar surface area (TPSA) is 84.3 Å². The van der Waals surface area contributed by atoms with Crippen molar-refractivity contribution in [1.82, 2.24) is 14.7 Å². The van der Waals surface area contributed by atoms with Gasteiger partial charge in [-0.2, -0.15) is 0 Å². The molecule has 154 valence electrons. The van der Waals surface area contributed by atoms with Crippen molar-refractivity contribution in [3.05, 3.63) is 29.3 Å². The maximum atomic E-state index is 13.0. The number of likely N-dealkylation sites (tertiary alicyclic amines) is 1. The van der Waals surface area contributed by atoms with Crippen molar-refractivity contribution in [3.63, 3.8) is 0 Å². The highest BCUT2D eigenvalue weighted by Crippen LogP contribution is 2.29. The molecule has 0 unspecified atom stereocenters. The lowest BCUT2D eigenvalue weighted by Crippen LogP contribution is -2.57. The first-order chi connectivity index (χ1) is 13.3. The lowest BCUT2D eigenvalue weighted by atomic mass is 9.86. The number of aromatic hydroxyl groups is 1. The molecule has 2 atom stereocenters. The number of amides is 1. The summed E-state index contributed by atoms with van der Waals surface area (Å²) in [5, 5.41) is 19.1. The molecule has 2 heterocycles. The van der Waals surface area contributed by atoms with Crippen LogP contribution in [-0.4, -0.2) is 89.1 Å². The smallest absolute Gasteiger partial charge is 0.303 e. The third kappa shape index (κ3) is 4.83. The number of piperazine rings is 1. The summed E-state index contributed by atoms with van der Waals surface area (Å²) in [6.45, 7) is 7.05. The Labute approximate surface area is 166 Å². The highest BCUT2D eigenvalue weighted by Gasteiger charge is 2.36. The Morgan fingerprint density at radius 1 is 1.14 bits per heavy atom. The van der Waals surface area contributed by atoms with Crippen molar-refractivity contribution in [2.75, 3.05) is 46.3 Å². The minimum atomic E-state index is -0.788. The molecular formula is C21H31N3O4. The van der Waals surface area contributed by atoms with Gasteiger partial charge in [-0.25, -0.2) is 0 Å². The zero-order valence-electron chi connectivity index (χ0n) is 16.8. The van der Waals surface area contributed by atoms with Gasteiger partial charge in [0.25, 0.3) is 5.91 Å². The molecule has 3 rings (SSSR count). The second-order valence-electron chi connectivity index (χ2n) is 8.14. The van der Waals surface area contributed by atoms with Crippen LogP contribution in [0.15, 0.2) is 18.2 Å². The second kappa shape index (κ2) is 8.92. The van der Waals surface area contributed by atoms with Crippen LogP contribution in [0.4, 0.5) is 0 Å². The van der Waals surface area contributed by atoms with Crippen LogP contribution in [0.25, 0.3) is 0 Å². The number of rotatable bonds is 5. The van der Waals surface area contributed by atoms with Crippen LogP contribution in [0.3, 0.4) is 0 Å². The Bertz CT molecular complexity index is 716. The summed E-state index contributed by atoms with van der Waals surface area (Å²) in [5.41, 5.74) is 1.22. The van der Waals surface area contributed by atoms with Crippen molar-refractivity contribution in [1.29, 1.82) is 0 Å². The summed E-state index contributed by atoms with van der Waals surface area (Å²) in [4.78, 5) is 30.7. The van der Waals surface area contributed by atoms with Crippen LogP contribution in [-0.2, 0) is 4.79 Å². The lowest BCUT2D eigenvalue weighted by molar-refractivity contribution is -0.137. The molecule has 2 N–H and O–H groups in total. The molecule has 2 fully saturated rings. The molecule has 1 aromatic carbocycles. The number of aliphatic carboxylic acids is 1. The SMILES string of the molecule is Cc1ccc(C(=O)N2CC[C@H](N3CCN(C)CC3)[C@H](CCC(=O)O)C2)cc1O. The fourth-order valence-corrected chi connectivity index (χ4v) is 4.36. The summed E-state index contributed by atoms with van der Waals surface area (Å²) in [5.74, 6) is -0.603. The van der Waals surface area contributed by atoms with Crippen LogP contribution in [0, 0.1) is 12.8 Å². The molecule has 7 heteroatoms. The monoisotopic (exact) mass is 389 g/mol. The van der Waals surface area contributed by atoms with Gasteiger partial charge in [-0.15, -0.1) is 0 Å². The van der Waals surface area contributed by atoms with Gasteiger partial charge in [-0.05, 0) is 50.4 Å². The van der Waals surface area contributed by atoms with E-state index in [0.717, 1.165) is 38.2 Å². The van der Waals surface area contributed by atoms with Gasteiger partial charge in [0.15, 0.2) is 0 Å². The predicted octanol–water partition coefficient (Wildman–Crippen LogP) is 1.64. The molecule has 0 saturated carbocycles. The first-order valence-electron chi connectivity index (χ1n) is 10.1. The minimum absolute atomic E-state index is 0.0903. The molecule has 7 nitrogen and oxygen atoms in total. The largest absolute Gasteiger partial charge is 0.508 e. The van der Waals surface area contributed by atoms with Crippen LogP contribution in [0.5, 0.6) is 5.75 Å². The number of carbonyl (C=O) groups excluding carboxylic acids is 1. The van der Waals surface area contributed by atoms with Crippen molar-refractivity contribution in [2.45, 2.75) is 32.2 Å². The fourth-order valence-electron chi connectivity index (χ4n) is 4.36. The van der Waals surface area contributed by atoms with Gasteiger partial charge < -0.3 is 20.0 Å². The molecule has 1 aromatic rings. The van der Waals surface area contributed by atoms with Crippen molar-refractivity contribution in [2.24, 2.45) is 5.92 Å². The Kier molecular flexibility index (Phi) is 6.57. The Balaban J connectivity index is 1.71. The summed E-state index contributed by atoms with van der Waals surface area (Å²) >= 11 is 0. The van der Waals surface area contributed by atoms with Crippen LogP contribution >= 0.6 is 0 Å². The van der Waals surface area contributed by atoms with Crippen molar-refractivity contribution < 1.29 is 19.8 Å². The van der Waals surface area contributed by atoms with E-state index in [9.17, 15) is 14.7 Å². The normalized spacial score (nSPS) is 24.3. The summed E-state index contributed by atoms with van der Waals surface area (Å²) < 4.78 is 0. The van der Waals surface area contributed by atoms with E-state index in [0.29, 0.717) is 31.1 Å². The highest BCUT2D eigenvalue weighted by atomic mass is 16.4. The number of nitrogens with zero attached hydrogens (tertiary/aromatic N) is 3. The van der Waals surface area contributed by atoms with Gasteiger partial charge >= 0.3 is 5.97 Å². The lowest BCUT2D eigenvalue weighted by Gasteiger charge is -2.46. The number of aryl methyl sites for hydroxylation is 1. The molecule has 0 bridgehead atoms. The molecule has 2 aliphatic rings. The molecule has 0 aliphatic carbocycles. The molecule has 2 saturated heterocycles. The maximum absolute atomic E-state index is 13.0. The third-order valence-corrected chi connectivity index (χ3v) is 6.17. The number of hydrogen-bond donors (Lipinski definition) is 2. The number of phenols is 1. The van der Waals surface area contributed by atoms with Gasteiger partial charge in [0.05, 0.1) is 0 Å². The van der Waals surface area contributed by atoms with Gasteiger partial charge in [0, 0.05) is 57.3 Å². The zero-order valence-corrected chi connectivity index (χ0v) is 16.8. The van der Waals surface area contributed by atoms with Gasteiger partial charge in [-0.3, -0.25) is 14.5 Å². The number of benzene rings is 1. The predicted molar refractivity (Wildman–Crippen MR) is 107 cm³/mol. The average Bonchev–Trinajstić information content (AvgIpc) is 2.68. The van der Waals surface area contributed by atoms with E-state index in [1.165, 1.54) is 6.07 Å². The first kappa shape index (κ1) is 20.6. The molecule has 0 spiro atoms. The van der Waals surface area contributed by atoms with E-state index in [-0.39, 0.29) is 24.0 Å². The first-order valence-corrected chi connectivity index (χ1v) is 10.1. The number of carboxylic acid groups (broad SMARTS) is 1. The molecular weight excluding hydrogens is 358 g/mol. The van der Waals surface area contributed by atoms with Crippen molar-refractivity contribution >= 4 is 11.9 Å². The summed E-state index contributed by atoms with van der Waals surface area (Å²) in [6, 6.07) is 5.34. The minimum Gasteiger partial charge on any atom is -0.508 e. The molecule has 0 radical (unpaired) electrons. The Hall–Kier alpha value is -2.12. The quantitative estimate of drug-likeness (QED) is 0.797. The number of carboxylic acids is 1. The van der Waals surface area contributed by atoms with E-state index >= 15 is 0 Å². The zero-order chi connectivity index (χ0) is 20.3. The standard InChI is InChI=1S/C21H31N3O4/c1-15-3-4-16(13-19(15)25)21(28)24-8-7-18(17(14-24)5-6-20(26)27)23-11-9-22(2)10-12-23/h3-4,13,17-18,25H,5-12,14H2,1-2H3,(H,26,27)/t17-,18+/m1/s1. The number of carbonyl (C=O) groups is 2. The van der Waals surface area contributed by atoms with Gasteiger partial charge in [-0.1, -0.05) is 6.07 Å².